The molecule has 2 aromatic rings. The predicted octanol–water partition coefficient (Wildman–Crippen LogP) is 2.58. The summed E-state index contributed by atoms with van der Waals surface area (Å²) in [6.45, 7) is 0. The number of carbonyl (C=O) groups excluding carboxylic acids is 2. The van der Waals surface area contributed by atoms with E-state index in [0.717, 1.165) is 4.88 Å². The van der Waals surface area contributed by atoms with Crippen LogP contribution >= 0.6 is 23.6 Å². The Morgan fingerprint density at radius 3 is 2.52 bits per heavy atom. The summed E-state index contributed by atoms with van der Waals surface area (Å²) in [7, 11) is 0. The lowest BCUT2D eigenvalue weighted by molar-refractivity contribution is -0.122. The summed E-state index contributed by atoms with van der Waals surface area (Å²) in [5, 5.41) is 4.54. The summed E-state index contributed by atoms with van der Waals surface area (Å²) in [5.74, 6) is -0.881. The number of thiocarbonyl (C=S) groups is 1. The average molecular weight is 314 g/mol. The number of para-hydroxylation sites is 1. The molecular weight excluding hydrogens is 304 g/mol. The number of anilines is 1. The van der Waals surface area contributed by atoms with Gasteiger partial charge in [-0.3, -0.25) is 19.8 Å². The highest BCUT2D eigenvalue weighted by Crippen LogP contribution is 2.22. The molecule has 104 valence electrons. The summed E-state index contributed by atoms with van der Waals surface area (Å²) in [6.07, 6.45) is 1.58. The van der Waals surface area contributed by atoms with Crippen molar-refractivity contribution in [1.82, 2.24) is 5.32 Å². The van der Waals surface area contributed by atoms with E-state index in [-0.39, 0.29) is 10.7 Å². The number of hydrogen-bond donors (Lipinski definition) is 1. The Morgan fingerprint density at radius 2 is 1.86 bits per heavy atom. The van der Waals surface area contributed by atoms with E-state index in [1.807, 2.05) is 35.7 Å². The molecule has 0 bridgehead atoms. The molecule has 1 saturated heterocycles. The molecule has 0 aliphatic carbocycles. The first kappa shape index (κ1) is 13.7. The van der Waals surface area contributed by atoms with E-state index >= 15 is 0 Å². The van der Waals surface area contributed by atoms with E-state index in [4.69, 9.17) is 12.2 Å². The lowest BCUT2D eigenvalue weighted by atomic mass is 10.1. The van der Waals surface area contributed by atoms with E-state index in [9.17, 15) is 9.59 Å². The number of thiophene rings is 1. The van der Waals surface area contributed by atoms with Crippen LogP contribution in [-0.2, 0) is 9.59 Å². The fourth-order valence-corrected chi connectivity index (χ4v) is 2.92. The molecule has 1 aliphatic rings. The highest BCUT2D eigenvalue weighted by Gasteiger charge is 2.34. The van der Waals surface area contributed by atoms with E-state index in [0.29, 0.717) is 5.69 Å². The highest BCUT2D eigenvalue weighted by molar-refractivity contribution is 7.80. The van der Waals surface area contributed by atoms with Gasteiger partial charge < -0.3 is 0 Å². The van der Waals surface area contributed by atoms with Gasteiger partial charge in [-0.15, -0.1) is 11.3 Å². The normalized spacial score (nSPS) is 17.2. The standard InChI is InChI=1S/C15H10N2O2S2/c18-13-12(9-11-7-4-8-21-11)14(19)17(15(20)16-13)10-5-2-1-3-6-10/h1-9H,(H,16,18,20)/b12-9-. The summed E-state index contributed by atoms with van der Waals surface area (Å²) >= 11 is 6.57. The number of benzene rings is 1. The van der Waals surface area contributed by atoms with Crippen LogP contribution in [0.2, 0.25) is 0 Å². The van der Waals surface area contributed by atoms with Crippen molar-refractivity contribution in [2.75, 3.05) is 4.90 Å². The molecule has 0 atom stereocenters. The van der Waals surface area contributed by atoms with Crippen molar-refractivity contribution in [3.05, 3.63) is 58.3 Å². The lowest BCUT2D eigenvalue weighted by Crippen LogP contribution is -2.54. The third-order valence-electron chi connectivity index (χ3n) is 2.95. The predicted molar refractivity (Wildman–Crippen MR) is 87.0 cm³/mol. The first-order valence-electron chi connectivity index (χ1n) is 6.17. The van der Waals surface area contributed by atoms with Crippen LogP contribution in [-0.4, -0.2) is 16.9 Å². The molecule has 0 saturated carbocycles. The maximum Gasteiger partial charge on any atom is 0.270 e. The van der Waals surface area contributed by atoms with Crippen molar-refractivity contribution >= 4 is 52.2 Å². The highest BCUT2D eigenvalue weighted by atomic mass is 32.1. The van der Waals surface area contributed by atoms with Crippen molar-refractivity contribution in [2.24, 2.45) is 0 Å². The zero-order chi connectivity index (χ0) is 14.8. The fraction of sp³-hybridized carbons (Fsp3) is 0. The Morgan fingerprint density at radius 1 is 1.10 bits per heavy atom. The number of rotatable bonds is 2. The largest absolute Gasteiger partial charge is 0.298 e. The number of carbonyl (C=O) groups is 2. The van der Waals surface area contributed by atoms with Crippen molar-refractivity contribution in [2.45, 2.75) is 0 Å². The average Bonchev–Trinajstić information content (AvgIpc) is 2.97. The molecule has 1 N–H and O–H groups in total. The van der Waals surface area contributed by atoms with E-state index < -0.39 is 11.8 Å². The van der Waals surface area contributed by atoms with Crippen LogP contribution < -0.4 is 10.2 Å². The monoisotopic (exact) mass is 314 g/mol. The van der Waals surface area contributed by atoms with Gasteiger partial charge in [0, 0.05) is 4.88 Å². The zero-order valence-electron chi connectivity index (χ0n) is 10.8. The molecular formula is C15H10N2O2S2. The van der Waals surface area contributed by atoms with Crippen LogP contribution in [0.3, 0.4) is 0 Å². The second-order valence-electron chi connectivity index (χ2n) is 4.31. The number of nitrogens with zero attached hydrogens (tertiary/aromatic N) is 1. The van der Waals surface area contributed by atoms with Crippen LogP contribution in [0.25, 0.3) is 6.08 Å². The minimum Gasteiger partial charge on any atom is -0.298 e. The molecule has 3 rings (SSSR count). The zero-order valence-corrected chi connectivity index (χ0v) is 12.4. The molecule has 4 nitrogen and oxygen atoms in total. The van der Waals surface area contributed by atoms with Gasteiger partial charge >= 0.3 is 0 Å². The Hall–Kier alpha value is -2.31. The summed E-state index contributed by atoms with van der Waals surface area (Å²) in [4.78, 5) is 26.8. The van der Waals surface area contributed by atoms with Crippen LogP contribution in [0.4, 0.5) is 5.69 Å². The minimum atomic E-state index is -0.467. The molecule has 1 aromatic heterocycles. The maximum absolute atomic E-state index is 12.6. The smallest absolute Gasteiger partial charge is 0.270 e. The van der Waals surface area contributed by atoms with Crippen molar-refractivity contribution in [3.8, 4) is 0 Å². The van der Waals surface area contributed by atoms with Gasteiger partial charge in [0.2, 0.25) is 0 Å². The van der Waals surface area contributed by atoms with Crippen LogP contribution in [0.1, 0.15) is 4.88 Å². The summed E-state index contributed by atoms with van der Waals surface area (Å²) in [5.41, 5.74) is 0.708. The number of nitrogens with one attached hydrogen (secondary N) is 1. The van der Waals surface area contributed by atoms with Crippen molar-refractivity contribution in [1.29, 1.82) is 0 Å². The van der Waals surface area contributed by atoms with Crippen molar-refractivity contribution < 1.29 is 9.59 Å². The molecule has 0 radical (unpaired) electrons. The summed E-state index contributed by atoms with van der Waals surface area (Å²) < 4.78 is 0. The topological polar surface area (TPSA) is 49.4 Å². The Balaban J connectivity index is 2.02. The first-order chi connectivity index (χ1) is 10.2. The molecule has 0 unspecified atom stereocenters. The molecule has 6 heteroatoms. The van der Waals surface area contributed by atoms with Crippen LogP contribution in [0, 0.1) is 0 Å². The Bertz CT molecular complexity index is 736. The van der Waals surface area contributed by atoms with Gasteiger partial charge in [0.1, 0.15) is 5.57 Å². The molecule has 2 heterocycles. The summed E-state index contributed by atoms with van der Waals surface area (Å²) in [6, 6.07) is 12.7. The third-order valence-corrected chi connectivity index (χ3v) is 4.05. The molecule has 21 heavy (non-hydrogen) atoms. The van der Waals surface area contributed by atoms with Crippen LogP contribution in [0.15, 0.2) is 53.4 Å². The third kappa shape index (κ3) is 2.63. The Labute approximate surface area is 130 Å². The second-order valence-corrected chi connectivity index (χ2v) is 5.67. The molecule has 1 fully saturated rings. The number of amides is 2. The van der Waals surface area contributed by atoms with Gasteiger partial charge in [0.05, 0.1) is 5.69 Å². The van der Waals surface area contributed by atoms with E-state index in [1.165, 1.54) is 16.2 Å². The number of hydrogen-bond acceptors (Lipinski definition) is 4. The molecule has 0 spiro atoms. The quantitative estimate of drug-likeness (QED) is 0.526. The van der Waals surface area contributed by atoms with Gasteiger partial charge in [0.15, 0.2) is 5.11 Å². The maximum atomic E-state index is 12.6. The molecule has 1 aromatic carbocycles. The molecule has 2 amide bonds. The van der Waals surface area contributed by atoms with E-state index in [1.54, 1.807) is 18.2 Å². The van der Waals surface area contributed by atoms with Gasteiger partial charge in [-0.1, -0.05) is 24.3 Å². The SMILES string of the molecule is O=C1NC(=S)N(c2ccccc2)C(=O)/C1=C\c1cccs1. The van der Waals surface area contributed by atoms with E-state index in [2.05, 4.69) is 5.32 Å². The first-order valence-corrected chi connectivity index (χ1v) is 7.45. The second kappa shape index (κ2) is 5.59. The molecule has 1 aliphatic heterocycles. The Kier molecular flexibility index (Phi) is 3.64. The van der Waals surface area contributed by atoms with Crippen LogP contribution in [0.5, 0.6) is 0 Å². The van der Waals surface area contributed by atoms with Gasteiger partial charge in [0.25, 0.3) is 11.8 Å². The van der Waals surface area contributed by atoms with Gasteiger partial charge in [-0.2, -0.15) is 0 Å². The lowest BCUT2D eigenvalue weighted by Gasteiger charge is -2.28. The fourth-order valence-electron chi connectivity index (χ4n) is 1.98. The van der Waals surface area contributed by atoms with Crippen molar-refractivity contribution in [3.63, 3.8) is 0 Å². The van der Waals surface area contributed by atoms with Gasteiger partial charge in [-0.25, -0.2) is 0 Å². The minimum absolute atomic E-state index is 0.0786. The van der Waals surface area contributed by atoms with Gasteiger partial charge in [-0.05, 0) is 41.9 Å².